The highest BCUT2D eigenvalue weighted by Gasteiger charge is 2.28. The number of para-hydroxylation sites is 1. The number of hydrogen-bond donors (Lipinski definition) is 0. The van der Waals surface area contributed by atoms with E-state index in [1.165, 1.54) is 4.57 Å². The first-order chi connectivity index (χ1) is 13.9. The number of fused-ring (bicyclic) bond motifs is 1. The Bertz CT molecular complexity index is 1170. The second-order valence-electron chi connectivity index (χ2n) is 6.85. The quantitative estimate of drug-likeness (QED) is 0.487. The Labute approximate surface area is 171 Å². The van der Waals surface area contributed by atoms with Crippen LogP contribution in [0, 0.1) is 13.8 Å². The number of thioether (sulfide) groups is 1. The second-order valence-corrected chi connectivity index (χ2v) is 7.79. The van der Waals surface area contributed by atoms with E-state index in [2.05, 4.69) is 4.98 Å². The lowest BCUT2D eigenvalue weighted by Crippen LogP contribution is -2.33. The van der Waals surface area contributed by atoms with Crippen LogP contribution in [0.5, 0.6) is 0 Å². The van der Waals surface area contributed by atoms with Crippen molar-refractivity contribution >= 4 is 34.7 Å². The molecule has 29 heavy (non-hydrogen) atoms. The van der Waals surface area contributed by atoms with Gasteiger partial charge >= 0.3 is 6.09 Å². The lowest BCUT2D eigenvalue weighted by molar-refractivity contribution is -0.125. The van der Waals surface area contributed by atoms with Crippen LogP contribution < -0.4 is 5.56 Å². The molecule has 0 bridgehead atoms. The third-order valence-electron chi connectivity index (χ3n) is 4.60. The summed E-state index contributed by atoms with van der Waals surface area (Å²) in [5.41, 5.74) is 3.10. The summed E-state index contributed by atoms with van der Waals surface area (Å²) in [6, 6.07) is 13.0. The molecule has 8 heteroatoms. The summed E-state index contributed by atoms with van der Waals surface area (Å²) in [4.78, 5) is 43.0. The lowest BCUT2D eigenvalue weighted by atomic mass is 10.1. The minimum Gasteiger partial charge on any atom is -0.447 e. The van der Waals surface area contributed by atoms with Crippen molar-refractivity contribution in [1.29, 1.82) is 0 Å². The average molecular weight is 409 g/mol. The zero-order valence-corrected chi connectivity index (χ0v) is 16.9. The van der Waals surface area contributed by atoms with Crippen molar-refractivity contribution in [2.24, 2.45) is 0 Å². The van der Waals surface area contributed by atoms with Crippen molar-refractivity contribution in [1.82, 2.24) is 14.5 Å². The number of carbonyl (C=O) groups excluding carboxylic acids is 2. The largest absolute Gasteiger partial charge is 0.447 e. The van der Waals surface area contributed by atoms with E-state index in [0.29, 0.717) is 21.7 Å². The molecule has 0 unspecified atom stereocenters. The monoisotopic (exact) mass is 409 g/mol. The Balaban J connectivity index is 1.78. The predicted molar refractivity (Wildman–Crippen MR) is 111 cm³/mol. The summed E-state index contributed by atoms with van der Waals surface area (Å²) >= 11 is 1.13. The Kier molecular flexibility index (Phi) is 5.10. The van der Waals surface area contributed by atoms with Crippen molar-refractivity contribution in [3.63, 3.8) is 0 Å². The third kappa shape index (κ3) is 3.75. The van der Waals surface area contributed by atoms with E-state index >= 15 is 0 Å². The molecule has 7 nitrogen and oxygen atoms in total. The number of nitrogens with zero attached hydrogens (tertiary/aromatic N) is 3. The molecule has 1 aliphatic rings. The van der Waals surface area contributed by atoms with Crippen molar-refractivity contribution in [3.8, 4) is 5.69 Å². The minimum absolute atomic E-state index is 0.0231. The van der Waals surface area contributed by atoms with Gasteiger partial charge in [-0.1, -0.05) is 30.0 Å². The topological polar surface area (TPSA) is 81.5 Å². The molecule has 0 aliphatic carbocycles. The fourth-order valence-corrected chi connectivity index (χ4v) is 4.23. The summed E-state index contributed by atoms with van der Waals surface area (Å²) in [7, 11) is 0. The van der Waals surface area contributed by atoms with E-state index in [0.717, 1.165) is 27.8 Å². The number of aryl methyl sites for hydroxylation is 2. The van der Waals surface area contributed by atoms with Gasteiger partial charge < -0.3 is 4.74 Å². The smallest absolute Gasteiger partial charge is 0.416 e. The number of aromatic nitrogens is 2. The predicted octanol–water partition coefficient (Wildman–Crippen LogP) is 3.07. The highest BCUT2D eigenvalue weighted by molar-refractivity contribution is 7.99. The molecular formula is C21H19N3O4S. The zero-order chi connectivity index (χ0) is 20.5. The van der Waals surface area contributed by atoms with E-state index in [1.807, 2.05) is 38.1 Å². The highest BCUT2D eigenvalue weighted by Crippen LogP contribution is 2.23. The summed E-state index contributed by atoms with van der Waals surface area (Å²) in [5.74, 6) is -0.392. The van der Waals surface area contributed by atoms with E-state index < -0.39 is 6.09 Å². The van der Waals surface area contributed by atoms with Crippen LogP contribution in [0.3, 0.4) is 0 Å². The van der Waals surface area contributed by atoms with Gasteiger partial charge in [0.1, 0.15) is 6.61 Å². The van der Waals surface area contributed by atoms with Gasteiger partial charge in [-0.25, -0.2) is 14.7 Å². The summed E-state index contributed by atoms with van der Waals surface area (Å²) in [6.45, 7) is 4.38. The molecule has 0 saturated carbocycles. The third-order valence-corrected chi connectivity index (χ3v) is 5.52. The highest BCUT2D eigenvalue weighted by atomic mass is 32.2. The van der Waals surface area contributed by atoms with Gasteiger partial charge in [0.05, 0.1) is 28.9 Å². The van der Waals surface area contributed by atoms with E-state index in [4.69, 9.17) is 4.74 Å². The van der Waals surface area contributed by atoms with Crippen molar-refractivity contribution in [2.45, 2.75) is 19.0 Å². The molecule has 0 atom stereocenters. The molecule has 148 valence electrons. The number of benzene rings is 2. The van der Waals surface area contributed by atoms with Crippen LogP contribution in [0.25, 0.3) is 16.6 Å². The van der Waals surface area contributed by atoms with Crippen LogP contribution in [0.15, 0.2) is 52.4 Å². The molecule has 3 aromatic rings. The molecule has 1 aliphatic heterocycles. The molecule has 1 fully saturated rings. The van der Waals surface area contributed by atoms with Gasteiger partial charge in [0.15, 0.2) is 5.16 Å². The number of carbonyl (C=O) groups is 2. The molecule has 1 saturated heterocycles. The normalized spacial score (nSPS) is 13.7. The van der Waals surface area contributed by atoms with Gasteiger partial charge in [0, 0.05) is 0 Å². The molecule has 0 spiro atoms. The number of hydrogen-bond acceptors (Lipinski definition) is 6. The van der Waals surface area contributed by atoms with E-state index in [1.54, 1.807) is 18.2 Å². The Morgan fingerprint density at radius 2 is 1.86 bits per heavy atom. The van der Waals surface area contributed by atoms with Crippen molar-refractivity contribution in [2.75, 3.05) is 18.9 Å². The average Bonchev–Trinajstić information content (AvgIpc) is 3.11. The number of imide groups is 1. The molecule has 2 heterocycles. The lowest BCUT2D eigenvalue weighted by Gasteiger charge is -2.15. The molecule has 0 radical (unpaired) electrons. The number of amides is 2. The van der Waals surface area contributed by atoms with Crippen LogP contribution in [-0.2, 0) is 9.53 Å². The molecular weight excluding hydrogens is 390 g/mol. The van der Waals surface area contributed by atoms with Gasteiger partial charge in [-0.15, -0.1) is 0 Å². The number of rotatable bonds is 4. The molecule has 0 N–H and O–H groups in total. The first-order valence-electron chi connectivity index (χ1n) is 9.14. The van der Waals surface area contributed by atoms with Crippen LogP contribution in [0.2, 0.25) is 0 Å². The van der Waals surface area contributed by atoms with Crippen LogP contribution in [0.1, 0.15) is 11.1 Å². The fraction of sp³-hybridized carbons (Fsp3) is 0.238. The molecule has 2 amide bonds. The maximum absolute atomic E-state index is 13.3. The Hall–Kier alpha value is -3.13. The Morgan fingerprint density at radius 3 is 2.55 bits per heavy atom. The van der Waals surface area contributed by atoms with Gasteiger partial charge in [0.25, 0.3) is 5.56 Å². The van der Waals surface area contributed by atoms with Crippen molar-refractivity contribution in [3.05, 3.63) is 63.9 Å². The first kappa shape index (κ1) is 19.2. The minimum atomic E-state index is -0.631. The van der Waals surface area contributed by atoms with Gasteiger partial charge in [-0.05, 0) is 49.2 Å². The van der Waals surface area contributed by atoms with Crippen LogP contribution in [-0.4, -0.2) is 45.4 Å². The summed E-state index contributed by atoms with van der Waals surface area (Å²) < 4.78 is 6.35. The van der Waals surface area contributed by atoms with E-state index in [-0.39, 0.29) is 30.4 Å². The standard InChI is InChI=1S/C21H19N3O4S/c1-13-9-14(2)11-15(10-13)24-19(26)16-5-3-4-6-17(16)22-20(24)29-12-18(25)23-7-8-28-21(23)27/h3-6,9-11H,7-8,12H2,1-2H3. The molecule has 2 aromatic carbocycles. The van der Waals surface area contributed by atoms with Crippen molar-refractivity contribution < 1.29 is 14.3 Å². The Morgan fingerprint density at radius 1 is 1.14 bits per heavy atom. The van der Waals surface area contributed by atoms with Gasteiger partial charge in [0.2, 0.25) is 5.91 Å². The van der Waals surface area contributed by atoms with Crippen LogP contribution in [0.4, 0.5) is 4.79 Å². The first-order valence-corrected chi connectivity index (χ1v) is 10.1. The second kappa shape index (κ2) is 7.71. The maximum Gasteiger partial charge on any atom is 0.416 e. The maximum atomic E-state index is 13.3. The van der Waals surface area contributed by atoms with Crippen LogP contribution >= 0.6 is 11.8 Å². The molecule has 4 rings (SSSR count). The summed E-state index contributed by atoms with van der Waals surface area (Å²) in [6.07, 6.45) is -0.631. The molecule has 1 aromatic heterocycles. The van der Waals surface area contributed by atoms with Gasteiger partial charge in [-0.3, -0.25) is 14.2 Å². The SMILES string of the molecule is Cc1cc(C)cc(-n2c(SCC(=O)N3CCOC3=O)nc3ccccc3c2=O)c1. The number of cyclic esters (lactones) is 1. The summed E-state index contributed by atoms with van der Waals surface area (Å²) in [5, 5.41) is 0.907. The zero-order valence-electron chi connectivity index (χ0n) is 16.0. The van der Waals surface area contributed by atoms with E-state index in [9.17, 15) is 14.4 Å². The van der Waals surface area contributed by atoms with Gasteiger partial charge in [-0.2, -0.15) is 0 Å². The number of ether oxygens (including phenoxy) is 1. The fourth-order valence-electron chi connectivity index (χ4n) is 3.34.